The summed E-state index contributed by atoms with van der Waals surface area (Å²) in [4.78, 5) is 0. The van der Waals surface area contributed by atoms with Crippen molar-refractivity contribution in [2.24, 2.45) is 5.92 Å². The predicted molar refractivity (Wildman–Crippen MR) is 51.9 cm³/mol. The fourth-order valence-corrected chi connectivity index (χ4v) is 2.15. The summed E-state index contributed by atoms with van der Waals surface area (Å²) in [6.45, 7) is 10.1. The van der Waals surface area contributed by atoms with Crippen LogP contribution in [0.4, 0.5) is 0 Å². The standard InChI is InChI=1S/C11H20O/c1-9(2)12-11(3,4)10-7-5-6-8-10/h10H,1,5-8H2,2-4H3. The van der Waals surface area contributed by atoms with Crippen LogP contribution in [0.1, 0.15) is 46.5 Å². The normalized spacial score (nSPS) is 19.6. The minimum atomic E-state index is 0.00231. The van der Waals surface area contributed by atoms with Crippen molar-refractivity contribution in [2.75, 3.05) is 0 Å². The first-order valence-corrected chi connectivity index (χ1v) is 4.87. The first kappa shape index (κ1) is 9.63. The molecule has 0 aromatic heterocycles. The molecule has 0 aromatic carbocycles. The van der Waals surface area contributed by atoms with Crippen LogP contribution in [0.25, 0.3) is 0 Å². The highest BCUT2D eigenvalue weighted by Crippen LogP contribution is 2.36. The summed E-state index contributed by atoms with van der Waals surface area (Å²) < 4.78 is 5.73. The Morgan fingerprint density at radius 3 is 2.25 bits per heavy atom. The second-order valence-electron chi connectivity index (χ2n) is 4.39. The van der Waals surface area contributed by atoms with Crippen LogP contribution in [-0.4, -0.2) is 5.60 Å². The predicted octanol–water partition coefficient (Wildman–Crippen LogP) is 3.51. The molecule has 1 nitrogen and oxygen atoms in total. The number of hydrogen-bond donors (Lipinski definition) is 0. The van der Waals surface area contributed by atoms with Crippen LogP contribution in [0.3, 0.4) is 0 Å². The van der Waals surface area contributed by atoms with Gasteiger partial charge in [-0.05, 0) is 39.5 Å². The maximum Gasteiger partial charge on any atom is 0.106 e. The fourth-order valence-electron chi connectivity index (χ4n) is 2.15. The highest BCUT2D eigenvalue weighted by molar-refractivity contribution is 4.88. The van der Waals surface area contributed by atoms with Crippen molar-refractivity contribution in [1.82, 2.24) is 0 Å². The summed E-state index contributed by atoms with van der Waals surface area (Å²) >= 11 is 0. The molecule has 0 aliphatic heterocycles. The van der Waals surface area contributed by atoms with Gasteiger partial charge in [-0.15, -0.1) is 0 Å². The zero-order valence-corrected chi connectivity index (χ0v) is 8.52. The lowest BCUT2D eigenvalue weighted by atomic mass is 9.89. The van der Waals surface area contributed by atoms with Crippen LogP contribution >= 0.6 is 0 Å². The smallest absolute Gasteiger partial charge is 0.106 e. The van der Waals surface area contributed by atoms with E-state index in [1.54, 1.807) is 0 Å². The molecule has 1 aliphatic carbocycles. The second-order valence-corrected chi connectivity index (χ2v) is 4.39. The Kier molecular flexibility index (Phi) is 2.81. The van der Waals surface area contributed by atoms with Gasteiger partial charge in [0.15, 0.2) is 0 Å². The second kappa shape index (κ2) is 3.51. The van der Waals surface area contributed by atoms with Gasteiger partial charge < -0.3 is 4.74 Å². The zero-order valence-electron chi connectivity index (χ0n) is 8.52. The summed E-state index contributed by atoms with van der Waals surface area (Å²) in [5, 5.41) is 0. The van der Waals surface area contributed by atoms with Gasteiger partial charge in [0, 0.05) is 0 Å². The van der Waals surface area contributed by atoms with Gasteiger partial charge in [-0.1, -0.05) is 19.4 Å². The average Bonchev–Trinajstić information content (AvgIpc) is 2.32. The Bertz CT molecular complexity index is 164. The minimum absolute atomic E-state index is 0.00231. The molecular formula is C11H20O. The van der Waals surface area contributed by atoms with Crippen LogP contribution < -0.4 is 0 Å². The van der Waals surface area contributed by atoms with Crippen LogP contribution in [0, 0.1) is 5.92 Å². The molecule has 0 aromatic rings. The van der Waals surface area contributed by atoms with Gasteiger partial charge in [-0.3, -0.25) is 0 Å². The molecule has 70 valence electrons. The number of rotatable bonds is 3. The molecule has 1 rings (SSSR count). The van der Waals surface area contributed by atoms with Crippen LogP contribution in [0.5, 0.6) is 0 Å². The monoisotopic (exact) mass is 168 g/mol. The van der Waals surface area contributed by atoms with Crippen molar-refractivity contribution in [3.05, 3.63) is 12.3 Å². The summed E-state index contributed by atoms with van der Waals surface area (Å²) in [5.41, 5.74) is 0.00231. The molecule has 1 saturated carbocycles. The molecular weight excluding hydrogens is 148 g/mol. The number of allylic oxidation sites excluding steroid dienone is 1. The Balaban J connectivity index is 2.50. The molecule has 0 amide bonds. The minimum Gasteiger partial charge on any atom is -0.493 e. The third-order valence-corrected chi connectivity index (χ3v) is 2.78. The lowest BCUT2D eigenvalue weighted by Crippen LogP contribution is -2.32. The van der Waals surface area contributed by atoms with Gasteiger partial charge in [0.05, 0.1) is 5.76 Å². The van der Waals surface area contributed by atoms with Crippen LogP contribution in [0.2, 0.25) is 0 Å². The van der Waals surface area contributed by atoms with Gasteiger partial charge in [0.2, 0.25) is 0 Å². The van der Waals surface area contributed by atoms with E-state index in [0.29, 0.717) is 0 Å². The van der Waals surface area contributed by atoms with E-state index in [2.05, 4.69) is 20.4 Å². The number of hydrogen-bond acceptors (Lipinski definition) is 1. The molecule has 1 heteroatoms. The lowest BCUT2D eigenvalue weighted by Gasteiger charge is -2.32. The van der Waals surface area contributed by atoms with E-state index >= 15 is 0 Å². The largest absolute Gasteiger partial charge is 0.493 e. The molecule has 0 unspecified atom stereocenters. The molecule has 0 atom stereocenters. The molecule has 12 heavy (non-hydrogen) atoms. The summed E-state index contributed by atoms with van der Waals surface area (Å²) in [7, 11) is 0. The third kappa shape index (κ3) is 2.26. The maximum absolute atomic E-state index is 5.73. The van der Waals surface area contributed by atoms with E-state index < -0.39 is 0 Å². The van der Waals surface area contributed by atoms with Crippen molar-refractivity contribution in [3.8, 4) is 0 Å². The Morgan fingerprint density at radius 1 is 1.33 bits per heavy atom. The molecule has 1 aliphatic rings. The molecule has 0 N–H and O–H groups in total. The Hall–Kier alpha value is -0.460. The molecule has 0 saturated heterocycles. The third-order valence-electron chi connectivity index (χ3n) is 2.78. The van der Waals surface area contributed by atoms with Crippen molar-refractivity contribution in [1.29, 1.82) is 0 Å². The van der Waals surface area contributed by atoms with E-state index in [1.165, 1.54) is 25.7 Å². The van der Waals surface area contributed by atoms with Crippen molar-refractivity contribution in [3.63, 3.8) is 0 Å². The first-order chi connectivity index (χ1) is 5.52. The molecule has 0 bridgehead atoms. The van der Waals surface area contributed by atoms with E-state index in [0.717, 1.165) is 11.7 Å². The lowest BCUT2D eigenvalue weighted by molar-refractivity contribution is -0.0133. The van der Waals surface area contributed by atoms with Crippen molar-refractivity contribution < 1.29 is 4.74 Å². The SMILES string of the molecule is C=C(C)OC(C)(C)C1CCCC1. The highest BCUT2D eigenvalue weighted by atomic mass is 16.5. The fraction of sp³-hybridized carbons (Fsp3) is 0.818. The van der Waals surface area contributed by atoms with E-state index in [-0.39, 0.29) is 5.60 Å². The van der Waals surface area contributed by atoms with Gasteiger partial charge in [-0.2, -0.15) is 0 Å². The average molecular weight is 168 g/mol. The van der Waals surface area contributed by atoms with Gasteiger partial charge in [0.25, 0.3) is 0 Å². The molecule has 1 fully saturated rings. The molecule has 0 spiro atoms. The van der Waals surface area contributed by atoms with Crippen molar-refractivity contribution >= 4 is 0 Å². The Labute approximate surface area is 75.8 Å². The van der Waals surface area contributed by atoms with Crippen LogP contribution in [-0.2, 0) is 4.74 Å². The quantitative estimate of drug-likeness (QED) is 0.586. The maximum atomic E-state index is 5.73. The number of ether oxygens (including phenoxy) is 1. The zero-order chi connectivity index (χ0) is 9.19. The van der Waals surface area contributed by atoms with Gasteiger partial charge in [0.1, 0.15) is 5.60 Å². The molecule has 0 heterocycles. The van der Waals surface area contributed by atoms with E-state index in [4.69, 9.17) is 4.74 Å². The topological polar surface area (TPSA) is 9.23 Å². The van der Waals surface area contributed by atoms with Crippen LogP contribution in [0.15, 0.2) is 12.3 Å². The van der Waals surface area contributed by atoms with Crippen molar-refractivity contribution in [2.45, 2.75) is 52.1 Å². The summed E-state index contributed by atoms with van der Waals surface area (Å²) in [6.07, 6.45) is 5.38. The summed E-state index contributed by atoms with van der Waals surface area (Å²) in [5.74, 6) is 1.57. The van der Waals surface area contributed by atoms with Gasteiger partial charge >= 0.3 is 0 Å². The highest BCUT2D eigenvalue weighted by Gasteiger charge is 2.33. The Morgan fingerprint density at radius 2 is 1.83 bits per heavy atom. The van der Waals surface area contributed by atoms with Gasteiger partial charge in [-0.25, -0.2) is 0 Å². The summed E-state index contributed by atoms with van der Waals surface area (Å²) in [6, 6.07) is 0. The molecule has 0 radical (unpaired) electrons. The van der Waals surface area contributed by atoms with E-state index in [1.807, 2.05) is 6.92 Å². The van der Waals surface area contributed by atoms with E-state index in [9.17, 15) is 0 Å². The first-order valence-electron chi connectivity index (χ1n) is 4.87.